The molecule has 0 fully saturated rings. The second-order valence-corrected chi connectivity index (χ2v) is 8.18. The van der Waals surface area contributed by atoms with E-state index in [0.29, 0.717) is 22.0 Å². The summed E-state index contributed by atoms with van der Waals surface area (Å²) in [6, 6.07) is 8.50. The van der Waals surface area contributed by atoms with Gasteiger partial charge < -0.3 is 9.88 Å². The van der Waals surface area contributed by atoms with E-state index in [1.54, 1.807) is 54.3 Å². The Balaban J connectivity index is 1.74. The van der Waals surface area contributed by atoms with Gasteiger partial charge in [0.05, 0.1) is 8.66 Å². The van der Waals surface area contributed by atoms with Gasteiger partial charge in [-0.25, -0.2) is 4.98 Å². The number of carbonyl (C=O) groups is 2. The van der Waals surface area contributed by atoms with Crippen LogP contribution in [0, 0.1) is 0 Å². The van der Waals surface area contributed by atoms with Gasteiger partial charge in [0.15, 0.2) is 5.82 Å². The number of hydrogen-bond acceptors (Lipinski definition) is 4. The summed E-state index contributed by atoms with van der Waals surface area (Å²) >= 11 is 8.07. The van der Waals surface area contributed by atoms with Gasteiger partial charge in [-0.05, 0) is 62.2 Å². The van der Waals surface area contributed by atoms with Crippen LogP contribution in [0.5, 0.6) is 0 Å². The Labute approximate surface area is 159 Å². The van der Waals surface area contributed by atoms with Crippen molar-refractivity contribution in [3.63, 3.8) is 0 Å². The van der Waals surface area contributed by atoms with E-state index < -0.39 is 0 Å². The van der Waals surface area contributed by atoms with Crippen molar-refractivity contribution in [2.24, 2.45) is 7.05 Å². The third-order valence-corrected chi connectivity index (χ3v) is 6.55. The van der Waals surface area contributed by atoms with Crippen molar-refractivity contribution < 1.29 is 9.59 Å². The van der Waals surface area contributed by atoms with Crippen molar-refractivity contribution in [3.8, 4) is 0 Å². The predicted molar refractivity (Wildman–Crippen MR) is 101 cm³/mol. The molecule has 0 bridgehead atoms. The van der Waals surface area contributed by atoms with E-state index in [4.69, 9.17) is 0 Å². The molecule has 122 valence electrons. The van der Waals surface area contributed by atoms with Gasteiger partial charge >= 0.3 is 0 Å². The van der Waals surface area contributed by atoms with Gasteiger partial charge in [0.1, 0.15) is 0 Å². The van der Waals surface area contributed by atoms with Gasteiger partial charge in [0.2, 0.25) is 5.78 Å². The van der Waals surface area contributed by atoms with Crippen molar-refractivity contribution in [3.05, 3.63) is 67.2 Å². The van der Waals surface area contributed by atoms with E-state index in [0.717, 1.165) is 8.26 Å². The lowest BCUT2D eigenvalue weighted by Crippen LogP contribution is -2.11. The molecule has 0 atom stereocenters. The molecule has 8 heteroatoms. The number of aryl methyl sites for hydroxylation is 1. The lowest BCUT2D eigenvalue weighted by atomic mass is 10.1. The molecule has 0 aliphatic carbocycles. The summed E-state index contributed by atoms with van der Waals surface area (Å²) in [6.45, 7) is 0. The molecule has 0 saturated carbocycles. The van der Waals surface area contributed by atoms with Crippen LogP contribution in [0.3, 0.4) is 0 Å². The number of rotatable bonds is 4. The summed E-state index contributed by atoms with van der Waals surface area (Å²) in [5.74, 6) is 0.0149. The number of nitrogens with zero attached hydrogens (tertiary/aromatic N) is 2. The van der Waals surface area contributed by atoms with Gasteiger partial charge in [-0.2, -0.15) is 0 Å². The van der Waals surface area contributed by atoms with Gasteiger partial charge in [0, 0.05) is 35.2 Å². The fourth-order valence-corrected chi connectivity index (χ4v) is 4.00. The van der Waals surface area contributed by atoms with Crippen LogP contribution in [0.15, 0.2) is 51.0 Å². The Bertz CT molecular complexity index is 896. The predicted octanol–water partition coefficient (Wildman–Crippen LogP) is 4.49. The quantitative estimate of drug-likeness (QED) is 0.573. The summed E-state index contributed by atoms with van der Waals surface area (Å²) in [4.78, 5) is 29.2. The molecule has 0 radical (unpaired) electrons. The third-order valence-electron chi connectivity index (χ3n) is 3.30. The zero-order valence-corrected chi connectivity index (χ0v) is 16.4. The summed E-state index contributed by atoms with van der Waals surface area (Å²) in [5.41, 5.74) is 1.14. The number of thiophene rings is 1. The van der Waals surface area contributed by atoms with Gasteiger partial charge in [0.25, 0.3) is 5.91 Å². The molecule has 1 amide bonds. The summed E-state index contributed by atoms with van der Waals surface area (Å²) < 4.78 is 3.38. The fourth-order valence-electron chi connectivity index (χ4n) is 2.07. The highest BCUT2D eigenvalue weighted by Gasteiger charge is 2.15. The Morgan fingerprint density at radius 2 is 1.92 bits per heavy atom. The molecule has 5 nitrogen and oxygen atoms in total. The minimum Gasteiger partial charge on any atom is -0.331 e. The maximum atomic E-state index is 12.3. The van der Waals surface area contributed by atoms with Crippen LogP contribution in [-0.4, -0.2) is 21.2 Å². The molecule has 0 aliphatic rings. The highest BCUT2D eigenvalue weighted by molar-refractivity contribution is 9.13. The van der Waals surface area contributed by atoms with E-state index in [-0.39, 0.29) is 11.7 Å². The summed E-state index contributed by atoms with van der Waals surface area (Å²) in [5, 5.41) is 2.81. The first kappa shape index (κ1) is 17.1. The summed E-state index contributed by atoms with van der Waals surface area (Å²) in [7, 11) is 1.77. The molecule has 0 unspecified atom stereocenters. The fraction of sp³-hybridized carbons (Fsp3) is 0.0625. The van der Waals surface area contributed by atoms with E-state index in [1.165, 1.54) is 11.3 Å². The maximum absolute atomic E-state index is 12.3. The van der Waals surface area contributed by atoms with E-state index >= 15 is 0 Å². The van der Waals surface area contributed by atoms with Crippen LogP contribution >= 0.6 is 43.2 Å². The smallest absolute Gasteiger partial charge is 0.265 e. The van der Waals surface area contributed by atoms with Crippen LogP contribution in [0.1, 0.15) is 25.9 Å². The first-order valence-electron chi connectivity index (χ1n) is 6.84. The molecule has 3 rings (SSSR count). The second kappa shape index (κ2) is 7.00. The first-order chi connectivity index (χ1) is 11.5. The van der Waals surface area contributed by atoms with Crippen molar-refractivity contribution in [2.45, 2.75) is 0 Å². The molecule has 2 aromatic heterocycles. The molecular formula is C16H11Br2N3O2S. The second-order valence-electron chi connectivity index (χ2n) is 4.95. The largest absolute Gasteiger partial charge is 0.331 e. The van der Waals surface area contributed by atoms with Gasteiger partial charge in [-0.3, -0.25) is 9.59 Å². The topological polar surface area (TPSA) is 64.0 Å². The average Bonchev–Trinajstić information content (AvgIpc) is 3.13. The minimum atomic E-state index is -0.199. The van der Waals surface area contributed by atoms with Gasteiger partial charge in [-0.1, -0.05) is 0 Å². The number of carbonyl (C=O) groups excluding carboxylic acids is 2. The standard InChI is InChI=1S/C16H11Br2N3O2S/c1-21-7-6-19-15(21)13(22)9-2-4-10(5-3-9)20-16(23)12-8-11(17)14(18)24-12/h2-8H,1H3,(H,20,23). The van der Waals surface area contributed by atoms with Crippen molar-refractivity contribution in [2.75, 3.05) is 5.32 Å². The zero-order chi connectivity index (χ0) is 17.3. The maximum Gasteiger partial charge on any atom is 0.265 e. The molecule has 1 N–H and O–H groups in total. The Morgan fingerprint density at radius 3 is 2.46 bits per heavy atom. The number of imidazole rings is 1. The number of amides is 1. The number of aromatic nitrogens is 2. The van der Waals surface area contributed by atoms with Crippen molar-refractivity contribution >= 4 is 60.6 Å². The molecule has 0 spiro atoms. The number of nitrogens with one attached hydrogen (secondary N) is 1. The SMILES string of the molecule is Cn1ccnc1C(=O)c1ccc(NC(=O)c2cc(Br)c(Br)s2)cc1. The van der Waals surface area contributed by atoms with Crippen LogP contribution in [0.25, 0.3) is 0 Å². The molecule has 2 heterocycles. The lowest BCUT2D eigenvalue weighted by Gasteiger charge is -2.05. The van der Waals surface area contributed by atoms with Crippen LogP contribution < -0.4 is 5.32 Å². The highest BCUT2D eigenvalue weighted by Crippen LogP contribution is 2.32. The number of hydrogen-bond donors (Lipinski definition) is 1. The number of benzene rings is 1. The van der Waals surface area contributed by atoms with Crippen LogP contribution in [0.2, 0.25) is 0 Å². The van der Waals surface area contributed by atoms with Crippen molar-refractivity contribution in [1.82, 2.24) is 9.55 Å². The molecular weight excluding hydrogens is 458 g/mol. The number of halogens is 2. The molecule has 0 saturated heterocycles. The number of anilines is 1. The van der Waals surface area contributed by atoms with E-state index in [9.17, 15) is 9.59 Å². The first-order valence-corrected chi connectivity index (χ1v) is 9.24. The highest BCUT2D eigenvalue weighted by atomic mass is 79.9. The number of ketones is 1. The molecule has 24 heavy (non-hydrogen) atoms. The van der Waals surface area contributed by atoms with Gasteiger partial charge in [-0.15, -0.1) is 11.3 Å². The van der Waals surface area contributed by atoms with Crippen LogP contribution in [-0.2, 0) is 7.05 Å². The van der Waals surface area contributed by atoms with Crippen LogP contribution in [0.4, 0.5) is 5.69 Å². The van der Waals surface area contributed by atoms with Crippen molar-refractivity contribution in [1.29, 1.82) is 0 Å². The Hall–Kier alpha value is -1.77. The Morgan fingerprint density at radius 1 is 1.21 bits per heavy atom. The average molecular weight is 469 g/mol. The third kappa shape index (κ3) is 3.50. The molecule has 0 aliphatic heterocycles. The van der Waals surface area contributed by atoms with E-state index in [2.05, 4.69) is 42.2 Å². The monoisotopic (exact) mass is 467 g/mol. The zero-order valence-electron chi connectivity index (χ0n) is 12.4. The lowest BCUT2D eigenvalue weighted by molar-refractivity contribution is 0.102. The van der Waals surface area contributed by atoms with E-state index in [1.807, 2.05) is 0 Å². The molecule has 1 aromatic carbocycles. The Kier molecular flexibility index (Phi) is 4.98. The molecule has 3 aromatic rings. The minimum absolute atomic E-state index is 0.161. The normalized spacial score (nSPS) is 10.6. The summed E-state index contributed by atoms with van der Waals surface area (Å²) in [6.07, 6.45) is 3.30.